The van der Waals surface area contributed by atoms with Crippen LogP contribution in [0.15, 0.2) is 17.4 Å². The summed E-state index contributed by atoms with van der Waals surface area (Å²) in [6.07, 6.45) is 0. The Bertz CT molecular complexity index is 149. The minimum absolute atomic E-state index is 0.889. The van der Waals surface area contributed by atoms with Gasteiger partial charge in [0, 0.05) is 25.1 Å². The first-order chi connectivity index (χ1) is 5.57. The molecule has 0 fully saturated rings. The quantitative estimate of drug-likeness (QED) is 0.521. The van der Waals surface area contributed by atoms with Crippen molar-refractivity contribution in [3.8, 4) is 0 Å². The molecule has 0 atom stereocenters. The van der Waals surface area contributed by atoms with E-state index in [-0.39, 0.29) is 0 Å². The van der Waals surface area contributed by atoms with Gasteiger partial charge in [0.25, 0.3) is 0 Å². The van der Waals surface area contributed by atoms with Gasteiger partial charge >= 0.3 is 0 Å². The fourth-order valence-electron chi connectivity index (χ4n) is 0.667. The number of hydrogen-bond acceptors (Lipinski definition) is 3. The topological polar surface area (TPSA) is 35.8 Å². The largest absolute Gasteiger partial charge is 0.400 e. The second-order valence-corrected chi connectivity index (χ2v) is 2.50. The van der Waals surface area contributed by atoms with Crippen molar-refractivity contribution in [1.29, 1.82) is 0 Å². The van der Waals surface area contributed by atoms with E-state index in [0.29, 0.717) is 0 Å². The molecule has 0 aliphatic rings. The number of aliphatic hydroxyl groups is 1. The lowest BCUT2D eigenvalue weighted by Gasteiger charge is -2.16. The fourth-order valence-corrected chi connectivity index (χ4v) is 0.667. The monoisotopic (exact) mass is 172 g/mol. The van der Waals surface area contributed by atoms with Crippen LogP contribution in [0.4, 0.5) is 0 Å². The minimum Gasteiger partial charge on any atom is -0.400 e. The van der Waals surface area contributed by atoms with Crippen molar-refractivity contribution in [1.82, 2.24) is 5.01 Å². The lowest BCUT2D eigenvalue weighted by molar-refractivity contribution is 0.387. The molecule has 0 saturated heterocycles. The minimum atomic E-state index is 0.889. The lowest BCUT2D eigenvalue weighted by atomic mass is 10.5. The maximum Gasteiger partial charge on any atom is 0.0383 e. The van der Waals surface area contributed by atoms with Crippen LogP contribution in [-0.2, 0) is 0 Å². The van der Waals surface area contributed by atoms with Gasteiger partial charge in [0.1, 0.15) is 0 Å². The van der Waals surface area contributed by atoms with Gasteiger partial charge in [0.2, 0.25) is 0 Å². The van der Waals surface area contributed by atoms with Crippen LogP contribution < -0.4 is 0 Å². The highest BCUT2D eigenvalue weighted by Gasteiger charge is 1.95. The molecule has 1 N–H and O–H groups in total. The lowest BCUT2D eigenvalue weighted by Crippen LogP contribution is -2.14. The summed E-state index contributed by atoms with van der Waals surface area (Å²) in [6.45, 7) is 12.7. The predicted molar refractivity (Wildman–Crippen MR) is 54.1 cm³/mol. The van der Waals surface area contributed by atoms with Crippen LogP contribution in [0.2, 0.25) is 0 Å². The molecule has 0 aromatic rings. The molecule has 3 nitrogen and oxygen atoms in total. The molecule has 0 aliphatic heterocycles. The van der Waals surface area contributed by atoms with Crippen LogP contribution in [0.1, 0.15) is 27.7 Å². The van der Waals surface area contributed by atoms with Crippen LogP contribution in [0, 0.1) is 0 Å². The first kappa shape index (κ1) is 13.7. The summed E-state index contributed by atoms with van der Waals surface area (Å²) in [5.41, 5.74) is 2.05. The van der Waals surface area contributed by atoms with Gasteiger partial charge in [0.15, 0.2) is 0 Å². The van der Waals surface area contributed by atoms with E-state index in [9.17, 15) is 0 Å². The summed E-state index contributed by atoms with van der Waals surface area (Å²) >= 11 is 0. The molecule has 0 rings (SSSR count). The summed E-state index contributed by atoms with van der Waals surface area (Å²) in [7, 11) is 1.00. The van der Waals surface area contributed by atoms with Crippen LogP contribution >= 0.6 is 0 Å². The zero-order valence-electron chi connectivity index (χ0n) is 8.76. The summed E-state index contributed by atoms with van der Waals surface area (Å²) < 4.78 is 0. The molecule has 12 heavy (non-hydrogen) atoms. The number of allylic oxidation sites excluding steroid dienone is 1. The summed E-state index contributed by atoms with van der Waals surface area (Å²) in [4.78, 5) is 0. The van der Waals surface area contributed by atoms with Crippen LogP contribution in [0.25, 0.3) is 0 Å². The third kappa shape index (κ3) is 7.28. The highest BCUT2D eigenvalue weighted by atomic mass is 16.2. The first-order valence-corrected chi connectivity index (χ1v) is 3.97. The molecular formula is C9H20N2O. The van der Waals surface area contributed by atoms with E-state index in [2.05, 4.69) is 18.6 Å². The average Bonchev–Trinajstić information content (AvgIpc) is 2.03. The standard InChI is InChI=1S/C8H16N2.CH4O/c1-6-10(8(4)5)9-7(2)3;1-2/h4,6H2,1-3,5H3;2H,1H3. The summed E-state index contributed by atoms with van der Waals surface area (Å²) in [5.74, 6) is 0. The SMILES string of the molecule is C=C(C)N(CC)N=C(C)C.CO. The summed E-state index contributed by atoms with van der Waals surface area (Å²) in [6, 6.07) is 0. The molecule has 0 aromatic heterocycles. The van der Waals surface area contributed by atoms with E-state index < -0.39 is 0 Å². The smallest absolute Gasteiger partial charge is 0.0383 e. The molecule has 0 aromatic carbocycles. The Labute approximate surface area is 75.4 Å². The van der Waals surface area contributed by atoms with Crippen LogP contribution in [0.3, 0.4) is 0 Å². The first-order valence-electron chi connectivity index (χ1n) is 3.97. The van der Waals surface area contributed by atoms with Crippen molar-refractivity contribution in [3.63, 3.8) is 0 Å². The fraction of sp³-hybridized carbons (Fsp3) is 0.667. The third-order valence-electron chi connectivity index (χ3n) is 1.06. The number of hydrazone groups is 1. The van der Waals surface area contributed by atoms with Crippen LogP contribution in [0.5, 0.6) is 0 Å². The van der Waals surface area contributed by atoms with Crippen LogP contribution in [-0.4, -0.2) is 29.5 Å². The molecule has 0 bridgehead atoms. The summed E-state index contributed by atoms with van der Waals surface area (Å²) in [5, 5.41) is 13.1. The van der Waals surface area contributed by atoms with E-state index in [1.54, 1.807) is 0 Å². The second kappa shape index (κ2) is 8.27. The van der Waals surface area contributed by atoms with E-state index in [1.165, 1.54) is 0 Å². The molecular weight excluding hydrogens is 152 g/mol. The number of rotatable bonds is 3. The Morgan fingerprint density at radius 1 is 1.33 bits per heavy atom. The van der Waals surface area contributed by atoms with Gasteiger partial charge in [0.05, 0.1) is 0 Å². The van der Waals surface area contributed by atoms with Crippen molar-refractivity contribution in [2.24, 2.45) is 5.10 Å². The highest BCUT2D eigenvalue weighted by Crippen LogP contribution is 1.99. The van der Waals surface area contributed by atoms with Gasteiger partial charge in [-0.25, -0.2) is 0 Å². The maximum absolute atomic E-state index is 7.00. The van der Waals surface area contributed by atoms with Gasteiger partial charge < -0.3 is 5.11 Å². The Kier molecular flexibility index (Phi) is 9.47. The number of nitrogens with zero attached hydrogens (tertiary/aromatic N) is 2. The Morgan fingerprint density at radius 2 is 1.75 bits per heavy atom. The second-order valence-electron chi connectivity index (χ2n) is 2.50. The number of aliphatic hydroxyl groups excluding tert-OH is 1. The van der Waals surface area contributed by atoms with Gasteiger partial charge in [-0.05, 0) is 27.7 Å². The molecule has 0 heterocycles. The number of hydrogen-bond donors (Lipinski definition) is 1. The molecule has 0 amide bonds. The molecule has 0 radical (unpaired) electrons. The van der Waals surface area contributed by atoms with Crippen molar-refractivity contribution >= 4 is 5.71 Å². The van der Waals surface area contributed by atoms with E-state index >= 15 is 0 Å². The van der Waals surface area contributed by atoms with Crippen molar-refractivity contribution in [2.45, 2.75) is 27.7 Å². The Morgan fingerprint density at radius 3 is 1.83 bits per heavy atom. The zero-order valence-corrected chi connectivity index (χ0v) is 8.76. The van der Waals surface area contributed by atoms with Crippen molar-refractivity contribution < 1.29 is 5.11 Å². The highest BCUT2D eigenvalue weighted by molar-refractivity contribution is 5.78. The molecule has 3 heteroatoms. The van der Waals surface area contributed by atoms with Gasteiger partial charge in [-0.1, -0.05) is 6.58 Å². The van der Waals surface area contributed by atoms with Gasteiger partial charge in [-0.15, -0.1) is 0 Å². The molecule has 72 valence electrons. The third-order valence-corrected chi connectivity index (χ3v) is 1.06. The van der Waals surface area contributed by atoms with Gasteiger partial charge in [-0.2, -0.15) is 5.10 Å². The van der Waals surface area contributed by atoms with E-state index in [1.807, 2.05) is 25.8 Å². The van der Waals surface area contributed by atoms with Crippen molar-refractivity contribution in [2.75, 3.05) is 13.7 Å². The molecule has 0 saturated carbocycles. The average molecular weight is 172 g/mol. The van der Waals surface area contributed by atoms with E-state index in [0.717, 1.165) is 25.1 Å². The molecule has 0 spiro atoms. The van der Waals surface area contributed by atoms with Crippen molar-refractivity contribution in [3.05, 3.63) is 12.3 Å². The van der Waals surface area contributed by atoms with Gasteiger partial charge in [-0.3, -0.25) is 5.01 Å². The normalized spacial score (nSPS) is 7.83. The van der Waals surface area contributed by atoms with E-state index in [4.69, 9.17) is 5.11 Å². The Hall–Kier alpha value is -0.830. The zero-order chi connectivity index (χ0) is 10.1. The Balaban J connectivity index is 0. The molecule has 0 aliphatic carbocycles. The molecule has 0 unspecified atom stereocenters. The predicted octanol–water partition coefficient (Wildman–Crippen LogP) is 1.85. The maximum atomic E-state index is 7.00.